The molecule has 2 N–H and O–H groups in total. The summed E-state index contributed by atoms with van der Waals surface area (Å²) in [6.07, 6.45) is 2.25. The molecule has 1 aromatic rings. The van der Waals surface area contributed by atoms with Gasteiger partial charge in [0.15, 0.2) is 0 Å². The summed E-state index contributed by atoms with van der Waals surface area (Å²) in [6.45, 7) is 1.39. The number of hydrogen-bond donors (Lipinski definition) is 1. The van der Waals surface area contributed by atoms with Crippen LogP contribution in [0.1, 0.15) is 23.2 Å². The monoisotopic (exact) mass is 248 g/mol. The Morgan fingerprint density at radius 1 is 1.50 bits per heavy atom. The van der Waals surface area contributed by atoms with Crippen LogP contribution in [0.25, 0.3) is 0 Å². The lowest BCUT2D eigenvalue weighted by molar-refractivity contribution is 0.0766. The number of ether oxygens (including phenoxy) is 1. The molecule has 1 aromatic carbocycles. The highest BCUT2D eigenvalue weighted by Crippen LogP contribution is 2.45. The molecule has 2 rings (SSSR count). The molecule has 1 saturated carbocycles. The summed E-state index contributed by atoms with van der Waals surface area (Å²) in [5, 5.41) is 0. The minimum absolute atomic E-state index is 0.0219. The summed E-state index contributed by atoms with van der Waals surface area (Å²) in [7, 11) is 3.43. The van der Waals surface area contributed by atoms with Crippen LogP contribution in [0.5, 0.6) is 5.75 Å². The SMILES string of the molecule is COc1cccc(C(=O)N(C)CC2(CN)CC2)c1. The number of benzene rings is 1. The van der Waals surface area contributed by atoms with Crippen molar-refractivity contribution >= 4 is 5.91 Å². The molecule has 98 valence electrons. The van der Waals surface area contributed by atoms with E-state index in [9.17, 15) is 4.79 Å². The summed E-state index contributed by atoms with van der Waals surface area (Å²) >= 11 is 0. The predicted molar refractivity (Wildman–Crippen MR) is 70.7 cm³/mol. The highest BCUT2D eigenvalue weighted by atomic mass is 16.5. The Kier molecular flexibility index (Phi) is 3.57. The van der Waals surface area contributed by atoms with Gasteiger partial charge in [0.25, 0.3) is 5.91 Å². The lowest BCUT2D eigenvalue weighted by atomic mass is 10.1. The van der Waals surface area contributed by atoms with E-state index in [0.717, 1.165) is 19.4 Å². The maximum Gasteiger partial charge on any atom is 0.253 e. The smallest absolute Gasteiger partial charge is 0.253 e. The molecule has 0 spiro atoms. The molecular formula is C14H20N2O2. The van der Waals surface area contributed by atoms with Gasteiger partial charge in [-0.25, -0.2) is 0 Å². The molecule has 18 heavy (non-hydrogen) atoms. The molecular weight excluding hydrogens is 228 g/mol. The van der Waals surface area contributed by atoms with Crippen molar-refractivity contribution in [2.45, 2.75) is 12.8 Å². The van der Waals surface area contributed by atoms with Crippen LogP contribution < -0.4 is 10.5 Å². The number of methoxy groups -OCH3 is 1. The molecule has 0 radical (unpaired) electrons. The Balaban J connectivity index is 2.05. The maximum absolute atomic E-state index is 12.3. The second-order valence-corrected chi connectivity index (χ2v) is 5.10. The van der Waals surface area contributed by atoms with Crippen LogP contribution in [0.3, 0.4) is 0 Å². The van der Waals surface area contributed by atoms with E-state index in [4.69, 9.17) is 10.5 Å². The van der Waals surface area contributed by atoms with E-state index in [1.165, 1.54) is 0 Å². The van der Waals surface area contributed by atoms with Crippen molar-refractivity contribution in [3.05, 3.63) is 29.8 Å². The van der Waals surface area contributed by atoms with E-state index in [0.29, 0.717) is 17.9 Å². The van der Waals surface area contributed by atoms with Crippen LogP contribution >= 0.6 is 0 Å². The number of carbonyl (C=O) groups is 1. The molecule has 1 aliphatic carbocycles. The standard InChI is InChI=1S/C14H20N2O2/c1-16(10-14(9-15)6-7-14)13(17)11-4-3-5-12(8-11)18-2/h3-5,8H,6-7,9-10,15H2,1-2H3. The van der Waals surface area contributed by atoms with Crippen molar-refractivity contribution in [1.29, 1.82) is 0 Å². The molecule has 0 saturated heterocycles. The third-order valence-electron chi connectivity index (χ3n) is 3.63. The largest absolute Gasteiger partial charge is 0.497 e. The van der Waals surface area contributed by atoms with Crippen LogP contribution in [-0.4, -0.2) is 38.1 Å². The van der Waals surface area contributed by atoms with Crippen molar-refractivity contribution in [3.8, 4) is 5.75 Å². The molecule has 0 atom stereocenters. The maximum atomic E-state index is 12.3. The Morgan fingerprint density at radius 2 is 2.22 bits per heavy atom. The topological polar surface area (TPSA) is 55.6 Å². The minimum Gasteiger partial charge on any atom is -0.497 e. The predicted octanol–water partition coefficient (Wildman–Crippen LogP) is 1.51. The van der Waals surface area contributed by atoms with Crippen LogP contribution in [0.15, 0.2) is 24.3 Å². The number of hydrogen-bond acceptors (Lipinski definition) is 3. The van der Waals surface area contributed by atoms with Gasteiger partial charge in [0.2, 0.25) is 0 Å². The van der Waals surface area contributed by atoms with Gasteiger partial charge in [0, 0.05) is 24.6 Å². The van der Waals surface area contributed by atoms with Gasteiger partial charge in [-0.3, -0.25) is 4.79 Å². The molecule has 0 heterocycles. The van der Waals surface area contributed by atoms with Gasteiger partial charge in [-0.1, -0.05) is 6.07 Å². The molecule has 1 aliphatic rings. The van der Waals surface area contributed by atoms with Crippen LogP contribution in [-0.2, 0) is 0 Å². The zero-order chi connectivity index (χ0) is 13.2. The van der Waals surface area contributed by atoms with E-state index in [1.54, 1.807) is 18.1 Å². The van der Waals surface area contributed by atoms with Gasteiger partial charge in [0.1, 0.15) is 5.75 Å². The number of carbonyl (C=O) groups excluding carboxylic acids is 1. The molecule has 4 heteroatoms. The quantitative estimate of drug-likeness (QED) is 0.859. The molecule has 0 aromatic heterocycles. The zero-order valence-corrected chi connectivity index (χ0v) is 11.0. The second kappa shape index (κ2) is 4.98. The van der Waals surface area contributed by atoms with E-state index >= 15 is 0 Å². The van der Waals surface area contributed by atoms with Crippen molar-refractivity contribution in [3.63, 3.8) is 0 Å². The van der Waals surface area contributed by atoms with Gasteiger partial charge < -0.3 is 15.4 Å². The molecule has 0 bridgehead atoms. The van der Waals surface area contributed by atoms with Gasteiger partial charge in [0.05, 0.1) is 7.11 Å². The fourth-order valence-corrected chi connectivity index (χ4v) is 2.15. The normalized spacial score (nSPS) is 16.2. The van der Waals surface area contributed by atoms with Crippen molar-refractivity contribution in [2.75, 3.05) is 27.2 Å². The van der Waals surface area contributed by atoms with Crippen LogP contribution in [0.4, 0.5) is 0 Å². The zero-order valence-electron chi connectivity index (χ0n) is 11.0. The van der Waals surface area contributed by atoms with Crippen LogP contribution in [0, 0.1) is 5.41 Å². The highest BCUT2D eigenvalue weighted by molar-refractivity contribution is 5.94. The fourth-order valence-electron chi connectivity index (χ4n) is 2.15. The first-order chi connectivity index (χ1) is 8.60. The van der Waals surface area contributed by atoms with E-state index < -0.39 is 0 Å². The summed E-state index contributed by atoms with van der Waals surface area (Å²) < 4.78 is 5.13. The van der Waals surface area contributed by atoms with Gasteiger partial charge in [-0.2, -0.15) is 0 Å². The molecule has 4 nitrogen and oxygen atoms in total. The lowest BCUT2D eigenvalue weighted by Crippen LogP contribution is -2.35. The van der Waals surface area contributed by atoms with Crippen molar-refractivity contribution in [2.24, 2.45) is 11.1 Å². The third kappa shape index (κ3) is 2.64. The first kappa shape index (κ1) is 12.9. The number of rotatable bonds is 5. The Labute approximate surface area is 108 Å². The summed E-state index contributed by atoms with van der Waals surface area (Å²) in [5.74, 6) is 0.725. The lowest BCUT2D eigenvalue weighted by Gasteiger charge is -2.23. The average Bonchev–Trinajstić information content (AvgIpc) is 3.18. The van der Waals surface area contributed by atoms with Crippen molar-refractivity contribution in [1.82, 2.24) is 4.90 Å². The molecule has 1 amide bonds. The Morgan fingerprint density at radius 3 is 2.78 bits per heavy atom. The highest BCUT2D eigenvalue weighted by Gasteiger charge is 2.42. The van der Waals surface area contributed by atoms with E-state index in [1.807, 2.05) is 25.2 Å². The van der Waals surface area contributed by atoms with E-state index in [-0.39, 0.29) is 11.3 Å². The number of nitrogens with two attached hydrogens (primary N) is 1. The number of nitrogens with zero attached hydrogens (tertiary/aromatic N) is 1. The average molecular weight is 248 g/mol. The number of amides is 1. The van der Waals surface area contributed by atoms with Crippen LogP contribution in [0.2, 0.25) is 0 Å². The van der Waals surface area contributed by atoms with Gasteiger partial charge >= 0.3 is 0 Å². The summed E-state index contributed by atoms with van der Waals surface area (Å²) in [5.41, 5.74) is 6.57. The first-order valence-electron chi connectivity index (χ1n) is 6.20. The molecule has 0 aliphatic heterocycles. The van der Waals surface area contributed by atoms with Gasteiger partial charge in [-0.15, -0.1) is 0 Å². The Bertz CT molecular complexity index is 441. The molecule has 0 unspecified atom stereocenters. The van der Waals surface area contributed by atoms with Crippen molar-refractivity contribution < 1.29 is 9.53 Å². The summed E-state index contributed by atoms with van der Waals surface area (Å²) in [6, 6.07) is 7.24. The van der Waals surface area contributed by atoms with Gasteiger partial charge in [-0.05, 0) is 37.6 Å². The fraction of sp³-hybridized carbons (Fsp3) is 0.500. The Hall–Kier alpha value is -1.55. The first-order valence-corrected chi connectivity index (χ1v) is 6.20. The molecule has 1 fully saturated rings. The summed E-state index contributed by atoms with van der Waals surface area (Å²) in [4.78, 5) is 14.0. The van der Waals surface area contributed by atoms with E-state index in [2.05, 4.69) is 0 Å². The second-order valence-electron chi connectivity index (χ2n) is 5.10. The third-order valence-corrected chi connectivity index (χ3v) is 3.63. The minimum atomic E-state index is 0.0219.